The standard InChI is InChI=1S/C23H21ClN2O2S2/c1-16-4-6-17(7-5-16)22(27)26-21(15-20-3-2-13-29-20)23(28)25-12-14-30-19-10-8-18(24)9-11-19/h2-11,13,15H,12,14H2,1H3,(H,25,28)(H,26,27)/b21-15-. The van der Waals surface area contributed by atoms with E-state index in [9.17, 15) is 9.59 Å². The molecule has 0 atom stereocenters. The summed E-state index contributed by atoms with van der Waals surface area (Å²) in [6.07, 6.45) is 1.69. The summed E-state index contributed by atoms with van der Waals surface area (Å²) >= 11 is 9.01. The predicted octanol–water partition coefficient (Wildman–Crippen LogP) is 5.39. The van der Waals surface area contributed by atoms with Gasteiger partial charge in [0, 0.05) is 32.7 Å². The van der Waals surface area contributed by atoms with Gasteiger partial charge >= 0.3 is 0 Å². The highest BCUT2D eigenvalue weighted by Gasteiger charge is 2.14. The van der Waals surface area contributed by atoms with Crippen LogP contribution < -0.4 is 10.6 Å². The molecule has 2 aromatic carbocycles. The van der Waals surface area contributed by atoms with Crippen LogP contribution in [-0.2, 0) is 4.79 Å². The van der Waals surface area contributed by atoms with E-state index >= 15 is 0 Å². The third-order valence-electron chi connectivity index (χ3n) is 4.11. The summed E-state index contributed by atoms with van der Waals surface area (Å²) in [4.78, 5) is 27.3. The topological polar surface area (TPSA) is 58.2 Å². The Balaban J connectivity index is 1.61. The van der Waals surface area contributed by atoms with E-state index in [1.807, 2.05) is 60.8 Å². The number of thioether (sulfide) groups is 1. The molecular weight excluding hydrogens is 436 g/mol. The molecule has 0 aliphatic heterocycles. The summed E-state index contributed by atoms with van der Waals surface area (Å²) < 4.78 is 0. The number of benzene rings is 2. The molecule has 30 heavy (non-hydrogen) atoms. The first-order chi connectivity index (χ1) is 14.5. The highest BCUT2D eigenvalue weighted by atomic mass is 35.5. The molecule has 2 amide bonds. The van der Waals surface area contributed by atoms with Crippen molar-refractivity contribution < 1.29 is 9.59 Å². The van der Waals surface area contributed by atoms with Gasteiger partial charge in [-0.15, -0.1) is 23.1 Å². The van der Waals surface area contributed by atoms with Crippen molar-refractivity contribution in [3.63, 3.8) is 0 Å². The van der Waals surface area contributed by atoms with E-state index in [4.69, 9.17) is 11.6 Å². The molecule has 0 aliphatic rings. The number of nitrogens with one attached hydrogen (secondary N) is 2. The number of aryl methyl sites for hydroxylation is 1. The van der Waals surface area contributed by atoms with E-state index in [0.717, 1.165) is 15.3 Å². The van der Waals surface area contributed by atoms with Crippen LogP contribution in [0.2, 0.25) is 5.02 Å². The lowest BCUT2D eigenvalue weighted by Gasteiger charge is -2.11. The van der Waals surface area contributed by atoms with Crippen LogP contribution in [0.5, 0.6) is 0 Å². The molecule has 4 nitrogen and oxygen atoms in total. The molecule has 0 bridgehead atoms. The molecule has 0 saturated heterocycles. The van der Waals surface area contributed by atoms with Crippen LogP contribution in [0, 0.1) is 6.92 Å². The first-order valence-corrected chi connectivity index (χ1v) is 11.6. The van der Waals surface area contributed by atoms with Crippen LogP contribution >= 0.6 is 34.7 Å². The molecule has 0 unspecified atom stereocenters. The van der Waals surface area contributed by atoms with E-state index in [0.29, 0.717) is 22.9 Å². The highest BCUT2D eigenvalue weighted by Crippen LogP contribution is 2.19. The van der Waals surface area contributed by atoms with Crippen molar-refractivity contribution in [3.05, 3.63) is 92.8 Å². The van der Waals surface area contributed by atoms with Crippen LogP contribution in [0.1, 0.15) is 20.8 Å². The molecule has 0 spiro atoms. The average Bonchev–Trinajstić information content (AvgIpc) is 3.25. The maximum absolute atomic E-state index is 12.7. The molecule has 0 aliphatic carbocycles. The molecular formula is C23H21ClN2O2S2. The molecule has 0 fully saturated rings. The molecule has 2 N–H and O–H groups in total. The minimum absolute atomic E-state index is 0.222. The van der Waals surface area contributed by atoms with Gasteiger partial charge in [0.25, 0.3) is 11.8 Å². The van der Waals surface area contributed by atoms with Crippen LogP contribution in [0.25, 0.3) is 6.08 Å². The van der Waals surface area contributed by atoms with E-state index in [1.165, 1.54) is 11.3 Å². The van der Waals surface area contributed by atoms with Crippen LogP contribution in [0.15, 0.2) is 76.6 Å². The lowest BCUT2D eigenvalue weighted by Crippen LogP contribution is -2.35. The van der Waals surface area contributed by atoms with Crippen molar-refractivity contribution in [2.45, 2.75) is 11.8 Å². The number of amides is 2. The number of rotatable bonds is 8. The third-order valence-corrected chi connectivity index (χ3v) is 6.19. The van der Waals surface area contributed by atoms with Gasteiger partial charge in [-0.3, -0.25) is 9.59 Å². The van der Waals surface area contributed by atoms with Crippen molar-refractivity contribution in [1.29, 1.82) is 0 Å². The van der Waals surface area contributed by atoms with Gasteiger partial charge in [-0.05, 0) is 60.8 Å². The van der Waals surface area contributed by atoms with Gasteiger partial charge < -0.3 is 10.6 Å². The summed E-state index contributed by atoms with van der Waals surface area (Å²) in [5.41, 5.74) is 1.79. The fraction of sp³-hybridized carbons (Fsp3) is 0.130. The van der Waals surface area contributed by atoms with Gasteiger partial charge in [-0.2, -0.15) is 0 Å². The molecule has 0 radical (unpaired) electrons. The molecule has 154 valence electrons. The Morgan fingerprint density at radius 1 is 1.07 bits per heavy atom. The SMILES string of the molecule is Cc1ccc(C(=O)N/C(=C\c2cccs2)C(=O)NCCSc2ccc(Cl)cc2)cc1. The largest absolute Gasteiger partial charge is 0.350 e. The number of thiophene rings is 1. The van der Waals surface area contributed by atoms with Gasteiger partial charge in [0.15, 0.2) is 0 Å². The Hall–Kier alpha value is -2.54. The van der Waals surface area contributed by atoms with Gasteiger partial charge in [0.2, 0.25) is 0 Å². The molecule has 7 heteroatoms. The zero-order valence-corrected chi connectivity index (χ0v) is 18.7. The Kier molecular flexibility index (Phi) is 8.13. The molecule has 3 aromatic rings. The van der Waals surface area contributed by atoms with Gasteiger partial charge in [-0.25, -0.2) is 0 Å². The maximum atomic E-state index is 12.7. The fourth-order valence-corrected chi connectivity index (χ4v) is 4.08. The summed E-state index contributed by atoms with van der Waals surface area (Å²) in [5.74, 6) is 0.0648. The summed E-state index contributed by atoms with van der Waals surface area (Å²) in [6.45, 7) is 2.42. The number of carbonyl (C=O) groups is 2. The van der Waals surface area contributed by atoms with Gasteiger partial charge in [0.05, 0.1) is 0 Å². The lowest BCUT2D eigenvalue weighted by atomic mass is 10.1. The van der Waals surface area contributed by atoms with Crippen LogP contribution in [0.3, 0.4) is 0 Å². The summed E-state index contributed by atoms with van der Waals surface area (Å²) in [6, 6.07) is 18.6. The quantitative estimate of drug-likeness (QED) is 0.271. The van der Waals surface area contributed by atoms with E-state index in [1.54, 1.807) is 30.0 Å². The molecule has 0 saturated carbocycles. The second-order valence-electron chi connectivity index (χ2n) is 6.45. The zero-order valence-electron chi connectivity index (χ0n) is 16.4. The minimum Gasteiger partial charge on any atom is -0.350 e. The van der Waals surface area contributed by atoms with Gasteiger partial charge in [0.1, 0.15) is 5.70 Å². The Labute approximate surface area is 189 Å². The number of carbonyl (C=O) groups excluding carboxylic acids is 2. The average molecular weight is 457 g/mol. The van der Waals surface area contributed by atoms with Crippen molar-refractivity contribution in [2.24, 2.45) is 0 Å². The fourth-order valence-electron chi connectivity index (χ4n) is 2.53. The summed E-state index contributed by atoms with van der Waals surface area (Å²) in [5, 5.41) is 8.25. The van der Waals surface area contributed by atoms with Crippen LogP contribution in [0.4, 0.5) is 0 Å². The molecule has 1 heterocycles. The normalized spacial score (nSPS) is 11.2. The van der Waals surface area contributed by atoms with E-state index in [2.05, 4.69) is 10.6 Å². The lowest BCUT2D eigenvalue weighted by molar-refractivity contribution is -0.117. The monoisotopic (exact) mass is 456 g/mol. The number of halogens is 1. The first-order valence-electron chi connectivity index (χ1n) is 9.31. The number of hydrogen-bond acceptors (Lipinski definition) is 4. The first kappa shape index (κ1) is 22.2. The number of hydrogen-bond donors (Lipinski definition) is 2. The maximum Gasteiger partial charge on any atom is 0.267 e. The van der Waals surface area contributed by atoms with Crippen molar-refractivity contribution in [1.82, 2.24) is 10.6 Å². The Bertz CT molecular complexity index is 1010. The zero-order chi connectivity index (χ0) is 21.3. The van der Waals surface area contributed by atoms with Gasteiger partial charge in [-0.1, -0.05) is 35.4 Å². The minimum atomic E-state index is -0.319. The smallest absolute Gasteiger partial charge is 0.267 e. The second-order valence-corrected chi connectivity index (χ2v) is 9.04. The molecule has 1 aromatic heterocycles. The Morgan fingerprint density at radius 2 is 1.80 bits per heavy atom. The predicted molar refractivity (Wildman–Crippen MR) is 126 cm³/mol. The highest BCUT2D eigenvalue weighted by molar-refractivity contribution is 7.99. The van der Waals surface area contributed by atoms with Crippen LogP contribution in [-0.4, -0.2) is 24.1 Å². The third kappa shape index (κ3) is 6.76. The Morgan fingerprint density at radius 3 is 2.47 bits per heavy atom. The van der Waals surface area contributed by atoms with E-state index < -0.39 is 0 Å². The summed E-state index contributed by atoms with van der Waals surface area (Å²) in [7, 11) is 0. The van der Waals surface area contributed by atoms with Crippen molar-refractivity contribution in [2.75, 3.05) is 12.3 Å². The second kappa shape index (κ2) is 11.0. The van der Waals surface area contributed by atoms with Crippen molar-refractivity contribution in [3.8, 4) is 0 Å². The van der Waals surface area contributed by atoms with Crippen molar-refractivity contribution >= 4 is 52.6 Å². The van der Waals surface area contributed by atoms with E-state index in [-0.39, 0.29) is 17.5 Å². The molecule has 3 rings (SSSR count).